The monoisotopic (exact) mass is 202 g/mol. The molecule has 1 saturated carbocycles. The first-order valence-electron chi connectivity index (χ1n) is 5.47. The van der Waals surface area contributed by atoms with Crippen LogP contribution in [0.15, 0.2) is 0 Å². The molecule has 0 aromatic heterocycles. The maximum absolute atomic E-state index is 9.61. The van der Waals surface area contributed by atoms with Crippen LogP contribution < -0.4 is 0 Å². The van der Waals surface area contributed by atoms with Gasteiger partial charge in [-0.2, -0.15) is 0 Å². The number of ether oxygens (including phenoxy) is 2. The van der Waals surface area contributed by atoms with Crippen molar-refractivity contribution in [2.75, 3.05) is 20.8 Å². The van der Waals surface area contributed by atoms with E-state index in [-0.39, 0.29) is 12.2 Å². The molecule has 0 aromatic carbocycles. The molecule has 3 unspecified atom stereocenters. The van der Waals surface area contributed by atoms with Gasteiger partial charge < -0.3 is 14.6 Å². The van der Waals surface area contributed by atoms with Crippen molar-refractivity contribution >= 4 is 0 Å². The summed E-state index contributed by atoms with van der Waals surface area (Å²) in [6.07, 6.45) is 5.13. The highest BCUT2D eigenvalue weighted by molar-refractivity contribution is 4.80. The van der Waals surface area contributed by atoms with Crippen molar-refractivity contribution in [1.82, 2.24) is 0 Å². The van der Waals surface area contributed by atoms with E-state index in [4.69, 9.17) is 9.47 Å². The average molecular weight is 202 g/mol. The Kier molecular flexibility index (Phi) is 5.45. The van der Waals surface area contributed by atoms with E-state index in [9.17, 15) is 5.11 Å². The Bertz CT molecular complexity index is 149. The van der Waals surface area contributed by atoms with Gasteiger partial charge in [-0.05, 0) is 38.0 Å². The van der Waals surface area contributed by atoms with E-state index in [0.717, 1.165) is 32.3 Å². The lowest BCUT2D eigenvalue weighted by Crippen LogP contribution is -2.35. The minimum atomic E-state index is -0.251. The van der Waals surface area contributed by atoms with Crippen molar-refractivity contribution in [3.05, 3.63) is 0 Å². The van der Waals surface area contributed by atoms with Gasteiger partial charge in [0.25, 0.3) is 0 Å². The summed E-state index contributed by atoms with van der Waals surface area (Å²) in [6, 6.07) is 0. The lowest BCUT2D eigenvalue weighted by atomic mass is 9.83. The molecule has 1 N–H and O–H groups in total. The van der Waals surface area contributed by atoms with E-state index < -0.39 is 0 Å². The van der Waals surface area contributed by atoms with Crippen LogP contribution in [0.5, 0.6) is 0 Å². The van der Waals surface area contributed by atoms with Gasteiger partial charge in [-0.1, -0.05) is 0 Å². The molecule has 14 heavy (non-hydrogen) atoms. The van der Waals surface area contributed by atoms with Crippen molar-refractivity contribution < 1.29 is 14.6 Å². The van der Waals surface area contributed by atoms with E-state index in [0.29, 0.717) is 5.92 Å². The molecule has 0 bridgehead atoms. The highest BCUT2D eigenvalue weighted by Crippen LogP contribution is 2.29. The van der Waals surface area contributed by atoms with Crippen LogP contribution in [0.1, 0.15) is 32.1 Å². The third kappa shape index (κ3) is 3.56. The molecule has 0 spiro atoms. The molecule has 0 amide bonds. The highest BCUT2D eigenvalue weighted by atomic mass is 16.5. The second kappa shape index (κ2) is 6.38. The Morgan fingerprint density at radius 2 is 2.07 bits per heavy atom. The van der Waals surface area contributed by atoms with Gasteiger partial charge in [0.15, 0.2) is 0 Å². The molecule has 1 fully saturated rings. The second-order valence-corrected chi connectivity index (χ2v) is 4.16. The number of aliphatic hydroxyl groups is 1. The molecule has 84 valence electrons. The third-order valence-electron chi connectivity index (χ3n) is 3.13. The second-order valence-electron chi connectivity index (χ2n) is 4.16. The number of aliphatic hydroxyl groups excluding tert-OH is 1. The van der Waals surface area contributed by atoms with Crippen molar-refractivity contribution in [1.29, 1.82) is 0 Å². The van der Waals surface area contributed by atoms with Crippen LogP contribution in [0.25, 0.3) is 0 Å². The quantitative estimate of drug-likeness (QED) is 0.688. The molecule has 1 aliphatic carbocycles. The first-order valence-corrected chi connectivity index (χ1v) is 5.47. The van der Waals surface area contributed by atoms with Crippen LogP contribution in [-0.4, -0.2) is 38.1 Å². The van der Waals surface area contributed by atoms with Gasteiger partial charge >= 0.3 is 0 Å². The standard InChI is InChI=1S/C11H22O3/c1-13-7-3-4-9-5-6-10(12)11(8-9)14-2/h9-12H,3-8H2,1-2H3. The van der Waals surface area contributed by atoms with Gasteiger partial charge in [0, 0.05) is 20.8 Å². The zero-order valence-corrected chi connectivity index (χ0v) is 9.24. The maximum atomic E-state index is 9.61. The summed E-state index contributed by atoms with van der Waals surface area (Å²) < 4.78 is 10.3. The molecular formula is C11H22O3. The van der Waals surface area contributed by atoms with Crippen LogP contribution in [0.4, 0.5) is 0 Å². The summed E-state index contributed by atoms with van der Waals surface area (Å²) in [6.45, 7) is 0.844. The Morgan fingerprint density at radius 1 is 1.29 bits per heavy atom. The fourth-order valence-corrected chi connectivity index (χ4v) is 2.23. The summed E-state index contributed by atoms with van der Waals surface area (Å²) >= 11 is 0. The van der Waals surface area contributed by atoms with E-state index in [2.05, 4.69) is 0 Å². The van der Waals surface area contributed by atoms with Crippen LogP contribution in [0, 0.1) is 5.92 Å². The predicted octanol–water partition coefficient (Wildman–Crippen LogP) is 1.59. The zero-order chi connectivity index (χ0) is 10.4. The Balaban J connectivity index is 2.21. The van der Waals surface area contributed by atoms with Gasteiger partial charge in [0.2, 0.25) is 0 Å². The zero-order valence-electron chi connectivity index (χ0n) is 9.24. The molecule has 0 aromatic rings. The van der Waals surface area contributed by atoms with E-state index >= 15 is 0 Å². The summed E-state index contributed by atoms with van der Waals surface area (Å²) in [5.41, 5.74) is 0. The maximum Gasteiger partial charge on any atom is 0.0832 e. The molecule has 0 saturated heterocycles. The Labute approximate surface area is 86.4 Å². The fraction of sp³-hybridized carbons (Fsp3) is 1.00. The Morgan fingerprint density at radius 3 is 2.71 bits per heavy atom. The Hall–Kier alpha value is -0.120. The minimum Gasteiger partial charge on any atom is -0.390 e. The van der Waals surface area contributed by atoms with Gasteiger partial charge in [-0.3, -0.25) is 0 Å². The van der Waals surface area contributed by atoms with Crippen LogP contribution in [0.2, 0.25) is 0 Å². The van der Waals surface area contributed by atoms with Crippen LogP contribution in [-0.2, 0) is 9.47 Å². The lowest BCUT2D eigenvalue weighted by molar-refractivity contribution is -0.0519. The summed E-state index contributed by atoms with van der Waals surface area (Å²) in [5.74, 6) is 0.707. The van der Waals surface area contributed by atoms with Crippen molar-refractivity contribution in [2.45, 2.75) is 44.3 Å². The van der Waals surface area contributed by atoms with Gasteiger partial charge in [-0.25, -0.2) is 0 Å². The number of rotatable bonds is 5. The SMILES string of the molecule is COCCCC1CCC(O)C(OC)C1. The fourth-order valence-electron chi connectivity index (χ4n) is 2.23. The van der Waals surface area contributed by atoms with Gasteiger partial charge in [0.1, 0.15) is 0 Å². The number of methoxy groups -OCH3 is 2. The minimum absolute atomic E-state index is 0.0521. The first kappa shape index (κ1) is 12.0. The largest absolute Gasteiger partial charge is 0.390 e. The predicted molar refractivity (Wildman–Crippen MR) is 55.3 cm³/mol. The van der Waals surface area contributed by atoms with E-state index in [1.165, 1.54) is 6.42 Å². The first-order chi connectivity index (χ1) is 6.77. The third-order valence-corrected chi connectivity index (χ3v) is 3.13. The van der Waals surface area contributed by atoms with E-state index in [1.807, 2.05) is 0 Å². The highest BCUT2D eigenvalue weighted by Gasteiger charge is 2.28. The molecular weight excluding hydrogens is 180 g/mol. The smallest absolute Gasteiger partial charge is 0.0832 e. The molecule has 3 heteroatoms. The average Bonchev–Trinajstić information content (AvgIpc) is 2.21. The number of hydrogen-bond acceptors (Lipinski definition) is 3. The molecule has 0 heterocycles. The summed E-state index contributed by atoms with van der Waals surface area (Å²) in [4.78, 5) is 0. The summed E-state index contributed by atoms with van der Waals surface area (Å²) in [5, 5.41) is 9.61. The van der Waals surface area contributed by atoms with Crippen molar-refractivity contribution in [3.63, 3.8) is 0 Å². The molecule has 0 radical (unpaired) electrons. The van der Waals surface area contributed by atoms with Crippen LogP contribution in [0.3, 0.4) is 0 Å². The molecule has 3 nitrogen and oxygen atoms in total. The van der Waals surface area contributed by atoms with Crippen molar-refractivity contribution in [2.24, 2.45) is 5.92 Å². The normalized spacial score (nSPS) is 33.2. The molecule has 3 atom stereocenters. The van der Waals surface area contributed by atoms with Gasteiger partial charge in [0.05, 0.1) is 12.2 Å². The van der Waals surface area contributed by atoms with Crippen LogP contribution >= 0.6 is 0 Å². The molecule has 1 aliphatic rings. The lowest BCUT2D eigenvalue weighted by Gasteiger charge is -2.32. The van der Waals surface area contributed by atoms with E-state index in [1.54, 1.807) is 14.2 Å². The molecule has 0 aliphatic heterocycles. The van der Waals surface area contributed by atoms with Gasteiger partial charge in [-0.15, -0.1) is 0 Å². The number of hydrogen-bond donors (Lipinski definition) is 1. The summed E-state index contributed by atoms with van der Waals surface area (Å²) in [7, 11) is 3.42. The topological polar surface area (TPSA) is 38.7 Å². The van der Waals surface area contributed by atoms with Crippen molar-refractivity contribution in [3.8, 4) is 0 Å². The molecule has 1 rings (SSSR count).